The Morgan fingerprint density at radius 1 is 1.21 bits per heavy atom. The average molecular weight is 371 g/mol. The third-order valence-corrected chi connectivity index (χ3v) is 3.97. The van der Waals surface area contributed by atoms with Crippen molar-refractivity contribution in [2.45, 2.75) is 20.3 Å². The van der Waals surface area contributed by atoms with Crippen LogP contribution < -0.4 is 5.32 Å². The van der Waals surface area contributed by atoms with Crippen LogP contribution in [0.2, 0.25) is 0 Å². The molecule has 19 heavy (non-hydrogen) atoms. The first-order valence-corrected chi connectivity index (χ1v) is 7.19. The molecule has 0 saturated heterocycles. The number of rotatable bonds is 4. The Morgan fingerprint density at radius 3 is 2.53 bits per heavy atom. The molecule has 0 aliphatic heterocycles. The zero-order valence-corrected chi connectivity index (χ0v) is 13.0. The quantitative estimate of drug-likeness (QED) is 0.836. The maximum atomic E-state index is 12.9. The number of halogens is 2. The highest BCUT2D eigenvalue weighted by Gasteiger charge is 2.09. The van der Waals surface area contributed by atoms with Crippen molar-refractivity contribution in [3.8, 4) is 0 Å². The summed E-state index contributed by atoms with van der Waals surface area (Å²) in [5.74, 6) is 1.39. The van der Waals surface area contributed by atoms with E-state index in [1.165, 1.54) is 12.1 Å². The predicted molar refractivity (Wildman–Crippen MR) is 82.9 cm³/mol. The zero-order valence-electron chi connectivity index (χ0n) is 10.9. The highest BCUT2D eigenvalue weighted by Crippen LogP contribution is 2.19. The number of nitrogens with zero attached hydrogens (tertiary/aromatic N) is 2. The molecule has 0 radical (unpaired) electrons. The summed E-state index contributed by atoms with van der Waals surface area (Å²) in [6, 6.07) is 6.44. The van der Waals surface area contributed by atoms with Crippen molar-refractivity contribution in [2.24, 2.45) is 0 Å². The van der Waals surface area contributed by atoms with Gasteiger partial charge in [-0.3, -0.25) is 0 Å². The second-order valence-electron chi connectivity index (χ2n) is 4.22. The summed E-state index contributed by atoms with van der Waals surface area (Å²) in [5.41, 5.74) is 1.97. The Morgan fingerprint density at radius 2 is 1.89 bits per heavy atom. The smallest absolute Gasteiger partial charge is 0.143 e. The van der Waals surface area contributed by atoms with Crippen LogP contribution in [0.15, 0.2) is 24.3 Å². The number of nitrogens with one attached hydrogen (secondary N) is 1. The van der Waals surface area contributed by atoms with Crippen LogP contribution in [0, 0.1) is 16.3 Å². The second-order valence-corrected chi connectivity index (χ2v) is 5.30. The Hall–Kier alpha value is -1.24. The number of aryl methyl sites for hydroxylation is 1. The monoisotopic (exact) mass is 371 g/mol. The Bertz CT molecular complexity index is 570. The van der Waals surface area contributed by atoms with E-state index in [0.717, 1.165) is 33.0 Å². The highest BCUT2D eigenvalue weighted by molar-refractivity contribution is 14.1. The molecule has 5 heteroatoms. The lowest BCUT2D eigenvalue weighted by Gasteiger charge is -2.10. The minimum absolute atomic E-state index is 0.225. The van der Waals surface area contributed by atoms with Gasteiger partial charge < -0.3 is 5.32 Å². The van der Waals surface area contributed by atoms with Crippen LogP contribution in [0.4, 0.5) is 10.2 Å². The molecule has 0 fully saturated rings. The van der Waals surface area contributed by atoms with Crippen molar-refractivity contribution in [1.29, 1.82) is 0 Å². The molecule has 2 aromatic rings. The van der Waals surface area contributed by atoms with Gasteiger partial charge in [0.15, 0.2) is 0 Å². The van der Waals surface area contributed by atoms with E-state index >= 15 is 0 Å². The van der Waals surface area contributed by atoms with E-state index in [9.17, 15) is 4.39 Å². The lowest BCUT2D eigenvalue weighted by atomic mass is 10.1. The summed E-state index contributed by atoms with van der Waals surface area (Å²) in [7, 11) is 0. The molecule has 1 heterocycles. The molecule has 2 rings (SSSR count). The maximum absolute atomic E-state index is 12.9. The van der Waals surface area contributed by atoms with Gasteiger partial charge in [-0.25, -0.2) is 14.4 Å². The summed E-state index contributed by atoms with van der Waals surface area (Å²) in [6.45, 7) is 4.83. The number of hydrogen-bond acceptors (Lipinski definition) is 3. The first-order chi connectivity index (χ1) is 9.10. The van der Waals surface area contributed by atoms with Crippen LogP contribution in [-0.4, -0.2) is 16.5 Å². The minimum Gasteiger partial charge on any atom is -0.369 e. The van der Waals surface area contributed by atoms with Gasteiger partial charge in [0, 0.05) is 13.0 Å². The van der Waals surface area contributed by atoms with Crippen LogP contribution >= 0.6 is 22.6 Å². The summed E-state index contributed by atoms with van der Waals surface area (Å²) in [4.78, 5) is 9.00. The summed E-state index contributed by atoms with van der Waals surface area (Å²) in [5, 5.41) is 3.23. The van der Waals surface area contributed by atoms with Crippen molar-refractivity contribution in [1.82, 2.24) is 9.97 Å². The molecule has 1 aromatic carbocycles. The zero-order chi connectivity index (χ0) is 13.8. The molecule has 3 nitrogen and oxygen atoms in total. The SMILES string of the molecule is CCNc1nc(Cc2ccc(F)cc2)nc(C)c1I. The van der Waals surface area contributed by atoms with E-state index in [1.54, 1.807) is 12.1 Å². The minimum atomic E-state index is -0.225. The van der Waals surface area contributed by atoms with Crippen LogP contribution in [-0.2, 0) is 6.42 Å². The summed E-state index contributed by atoms with van der Waals surface area (Å²) < 4.78 is 13.9. The lowest BCUT2D eigenvalue weighted by molar-refractivity contribution is 0.627. The van der Waals surface area contributed by atoms with Gasteiger partial charge in [0.05, 0.1) is 9.26 Å². The van der Waals surface area contributed by atoms with E-state index in [1.807, 2.05) is 13.8 Å². The van der Waals surface area contributed by atoms with Gasteiger partial charge in [-0.2, -0.15) is 0 Å². The van der Waals surface area contributed by atoms with Crippen molar-refractivity contribution in [2.75, 3.05) is 11.9 Å². The van der Waals surface area contributed by atoms with E-state index in [0.29, 0.717) is 6.42 Å². The third kappa shape index (κ3) is 3.62. The van der Waals surface area contributed by atoms with Crippen LogP contribution in [0.1, 0.15) is 24.0 Å². The molecule has 0 spiro atoms. The molecule has 0 unspecified atom stereocenters. The van der Waals surface area contributed by atoms with Gasteiger partial charge in [-0.05, 0) is 54.1 Å². The highest BCUT2D eigenvalue weighted by atomic mass is 127. The summed E-state index contributed by atoms with van der Waals surface area (Å²) >= 11 is 2.24. The second kappa shape index (κ2) is 6.27. The lowest BCUT2D eigenvalue weighted by Crippen LogP contribution is -2.08. The van der Waals surface area contributed by atoms with E-state index in [2.05, 4.69) is 37.9 Å². The first kappa shape index (κ1) is 14.2. The molecule has 0 atom stereocenters. The molecule has 0 aliphatic carbocycles. The number of hydrogen-bond donors (Lipinski definition) is 1. The molecular weight excluding hydrogens is 356 g/mol. The van der Waals surface area contributed by atoms with Crippen LogP contribution in [0.3, 0.4) is 0 Å². The van der Waals surface area contributed by atoms with Crippen molar-refractivity contribution >= 4 is 28.4 Å². The molecule has 0 aliphatic rings. The normalized spacial score (nSPS) is 10.5. The van der Waals surface area contributed by atoms with Crippen molar-refractivity contribution < 1.29 is 4.39 Å². The fourth-order valence-electron chi connectivity index (χ4n) is 1.77. The first-order valence-electron chi connectivity index (χ1n) is 6.11. The Kier molecular flexibility index (Phi) is 4.68. The molecule has 0 amide bonds. The predicted octanol–water partition coefficient (Wildman–Crippen LogP) is 3.55. The van der Waals surface area contributed by atoms with Gasteiger partial charge in [0.1, 0.15) is 17.5 Å². The summed E-state index contributed by atoms with van der Waals surface area (Å²) in [6.07, 6.45) is 0.608. The fraction of sp³-hybridized carbons (Fsp3) is 0.286. The number of aromatic nitrogens is 2. The molecule has 1 N–H and O–H groups in total. The average Bonchev–Trinajstić information content (AvgIpc) is 2.38. The maximum Gasteiger partial charge on any atom is 0.143 e. The van der Waals surface area contributed by atoms with Gasteiger partial charge in [-0.1, -0.05) is 12.1 Å². The van der Waals surface area contributed by atoms with Crippen molar-refractivity contribution in [3.05, 3.63) is 50.7 Å². The van der Waals surface area contributed by atoms with Gasteiger partial charge in [0.25, 0.3) is 0 Å². The Balaban J connectivity index is 2.27. The molecule has 1 aromatic heterocycles. The van der Waals surface area contributed by atoms with Gasteiger partial charge in [0.2, 0.25) is 0 Å². The van der Waals surface area contributed by atoms with Gasteiger partial charge in [-0.15, -0.1) is 0 Å². The van der Waals surface area contributed by atoms with E-state index < -0.39 is 0 Å². The largest absolute Gasteiger partial charge is 0.369 e. The molecule has 0 saturated carbocycles. The van der Waals surface area contributed by atoms with Gasteiger partial charge >= 0.3 is 0 Å². The molecule has 100 valence electrons. The van der Waals surface area contributed by atoms with E-state index in [4.69, 9.17) is 0 Å². The standard InChI is InChI=1S/C14H15FIN3/c1-3-17-14-13(16)9(2)18-12(19-14)8-10-4-6-11(15)7-5-10/h4-7H,3,8H2,1-2H3,(H,17,18,19). The van der Waals surface area contributed by atoms with E-state index in [-0.39, 0.29) is 5.82 Å². The Labute approximate surface area is 125 Å². The fourth-order valence-corrected chi connectivity index (χ4v) is 2.20. The molecule has 0 bridgehead atoms. The number of anilines is 1. The van der Waals surface area contributed by atoms with Crippen molar-refractivity contribution in [3.63, 3.8) is 0 Å². The number of benzene rings is 1. The third-order valence-electron chi connectivity index (χ3n) is 2.68. The topological polar surface area (TPSA) is 37.8 Å². The van der Waals surface area contributed by atoms with Crippen LogP contribution in [0.5, 0.6) is 0 Å². The van der Waals surface area contributed by atoms with Crippen LogP contribution in [0.25, 0.3) is 0 Å². The molecular formula is C14H15FIN3.